The Bertz CT molecular complexity index is 441. The smallest absolute Gasteiger partial charge is 0.329 e. The zero-order chi connectivity index (χ0) is 15.0. The second-order valence-electron chi connectivity index (χ2n) is 4.40. The van der Waals surface area contributed by atoms with Crippen molar-refractivity contribution in [2.75, 3.05) is 37.0 Å². The van der Waals surface area contributed by atoms with Gasteiger partial charge in [0, 0.05) is 26.7 Å². The van der Waals surface area contributed by atoms with Gasteiger partial charge in [0.05, 0.1) is 4.92 Å². The molecule has 0 unspecified atom stereocenters. The molecule has 0 atom stereocenters. The van der Waals surface area contributed by atoms with Gasteiger partial charge in [-0.25, -0.2) is 4.98 Å². The number of nitrogens with zero attached hydrogens (tertiary/aromatic N) is 4. The summed E-state index contributed by atoms with van der Waals surface area (Å²) in [6.07, 6.45) is 3.68. The highest BCUT2D eigenvalue weighted by Gasteiger charge is 2.20. The van der Waals surface area contributed by atoms with Crippen molar-refractivity contribution >= 4 is 17.5 Å². The third-order valence-corrected chi connectivity index (χ3v) is 2.79. The lowest BCUT2D eigenvalue weighted by Gasteiger charge is -2.18. The van der Waals surface area contributed by atoms with Gasteiger partial charge in [-0.1, -0.05) is 0 Å². The molecule has 0 aliphatic rings. The highest BCUT2D eigenvalue weighted by atomic mass is 16.6. The van der Waals surface area contributed by atoms with Crippen LogP contribution in [0.3, 0.4) is 0 Å². The Labute approximate surface area is 118 Å². The van der Waals surface area contributed by atoms with Crippen LogP contribution in [0.4, 0.5) is 17.5 Å². The average molecular weight is 283 g/mol. The molecule has 0 saturated heterocycles. The molecular formula is C12H21N5O3. The zero-order valence-corrected chi connectivity index (χ0v) is 11.9. The lowest BCUT2D eigenvalue weighted by Crippen LogP contribution is -2.22. The fourth-order valence-corrected chi connectivity index (χ4v) is 1.76. The summed E-state index contributed by atoms with van der Waals surface area (Å²) in [6, 6.07) is 0. The molecule has 0 amide bonds. The van der Waals surface area contributed by atoms with Crippen LogP contribution in [-0.2, 0) is 0 Å². The number of hydrogen-bond donors (Lipinski definition) is 2. The highest BCUT2D eigenvalue weighted by Crippen LogP contribution is 2.25. The Morgan fingerprint density at radius 1 is 1.45 bits per heavy atom. The molecule has 0 fully saturated rings. The number of anilines is 2. The molecule has 1 heterocycles. The third kappa shape index (κ3) is 4.61. The van der Waals surface area contributed by atoms with E-state index in [1.165, 1.54) is 6.20 Å². The molecule has 8 heteroatoms. The summed E-state index contributed by atoms with van der Waals surface area (Å²) in [6.45, 7) is 3.37. The normalized spacial score (nSPS) is 10.3. The van der Waals surface area contributed by atoms with Crippen molar-refractivity contribution < 1.29 is 10.0 Å². The van der Waals surface area contributed by atoms with E-state index in [9.17, 15) is 10.1 Å². The van der Waals surface area contributed by atoms with E-state index in [1.54, 1.807) is 11.9 Å². The second kappa shape index (κ2) is 8.26. The number of rotatable bonds is 9. The molecule has 8 nitrogen and oxygen atoms in total. The number of aliphatic hydroxyl groups is 1. The molecule has 0 radical (unpaired) electrons. The van der Waals surface area contributed by atoms with E-state index >= 15 is 0 Å². The van der Waals surface area contributed by atoms with Crippen LogP contribution in [0.2, 0.25) is 0 Å². The minimum Gasteiger partial charge on any atom is -0.396 e. The summed E-state index contributed by atoms with van der Waals surface area (Å²) >= 11 is 0. The van der Waals surface area contributed by atoms with Crippen molar-refractivity contribution in [3.05, 3.63) is 16.3 Å². The SMILES string of the molecule is CCNc1ncc([N+](=O)[O-])c(N(C)CCCCCO)n1. The topological polar surface area (TPSA) is 104 Å². The molecule has 0 saturated carbocycles. The lowest BCUT2D eigenvalue weighted by atomic mass is 10.2. The van der Waals surface area contributed by atoms with Crippen LogP contribution in [0.15, 0.2) is 6.20 Å². The molecule has 0 aromatic carbocycles. The first-order valence-corrected chi connectivity index (χ1v) is 6.67. The maximum Gasteiger partial charge on any atom is 0.329 e. The third-order valence-electron chi connectivity index (χ3n) is 2.79. The van der Waals surface area contributed by atoms with Crippen LogP contribution in [0, 0.1) is 10.1 Å². The van der Waals surface area contributed by atoms with Gasteiger partial charge in [-0.05, 0) is 26.2 Å². The maximum absolute atomic E-state index is 11.0. The highest BCUT2D eigenvalue weighted by molar-refractivity contribution is 5.58. The van der Waals surface area contributed by atoms with Crippen LogP contribution < -0.4 is 10.2 Å². The standard InChI is InChI=1S/C12H21N5O3/c1-3-13-12-14-9-10(17(19)20)11(15-12)16(2)7-5-4-6-8-18/h9,18H,3-8H2,1-2H3,(H,13,14,15). The summed E-state index contributed by atoms with van der Waals surface area (Å²) in [7, 11) is 1.77. The molecule has 112 valence electrons. The number of aromatic nitrogens is 2. The van der Waals surface area contributed by atoms with Crippen molar-refractivity contribution in [2.45, 2.75) is 26.2 Å². The Kier molecular flexibility index (Phi) is 6.65. The molecule has 1 rings (SSSR count). The summed E-state index contributed by atoms with van der Waals surface area (Å²) in [5, 5.41) is 22.7. The predicted octanol–water partition coefficient (Wildman–Crippen LogP) is 1.42. The van der Waals surface area contributed by atoms with E-state index in [4.69, 9.17) is 5.11 Å². The van der Waals surface area contributed by atoms with Gasteiger partial charge < -0.3 is 15.3 Å². The Hall–Kier alpha value is -1.96. The van der Waals surface area contributed by atoms with Gasteiger partial charge >= 0.3 is 5.69 Å². The molecule has 1 aromatic heterocycles. The molecule has 2 N–H and O–H groups in total. The quantitative estimate of drug-likeness (QED) is 0.401. The van der Waals surface area contributed by atoms with Crippen LogP contribution in [0.25, 0.3) is 0 Å². The van der Waals surface area contributed by atoms with E-state index in [2.05, 4.69) is 15.3 Å². The van der Waals surface area contributed by atoms with Crippen LogP contribution >= 0.6 is 0 Å². The summed E-state index contributed by atoms with van der Waals surface area (Å²) in [4.78, 5) is 20.4. The predicted molar refractivity (Wildman–Crippen MR) is 77.1 cm³/mol. The minimum atomic E-state index is -0.477. The molecule has 0 aliphatic carbocycles. The Balaban J connectivity index is 2.82. The molecule has 1 aromatic rings. The van der Waals surface area contributed by atoms with Crippen molar-refractivity contribution in [1.82, 2.24) is 9.97 Å². The Morgan fingerprint density at radius 3 is 2.80 bits per heavy atom. The molecule has 0 aliphatic heterocycles. The lowest BCUT2D eigenvalue weighted by molar-refractivity contribution is -0.384. The van der Waals surface area contributed by atoms with Crippen molar-refractivity contribution in [2.24, 2.45) is 0 Å². The number of nitro groups is 1. The summed E-state index contributed by atoms with van der Waals surface area (Å²) < 4.78 is 0. The van der Waals surface area contributed by atoms with E-state index in [0.29, 0.717) is 24.9 Å². The number of aliphatic hydroxyl groups excluding tert-OH is 1. The van der Waals surface area contributed by atoms with Crippen molar-refractivity contribution in [3.63, 3.8) is 0 Å². The van der Waals surface area contributed by atoms with Crippen LogP contribution in [0.1, 0.15) is 26.2 Å². The summed E-state index contributed by atoms with van der Waals surface area (Å²) in [5.41, 5.74) is -0.101. The summed E-state index contributed by atoms with van der Waals surface area (Å²) in [5.74, 6) is 0.695. The fourth-order valence-electron chi connectivity index (χ4n) is 1.76. The average Bonchev–Trinajstić information content (AvgIpc) is 2.43. The van der Waals surface area contributed by atoms with Crippen molar-refractivity contribution in [3.8, 4) is 0 Å². The van der Waals surface area contributed by atoms with Gasteiger partial charge in [0.15, 0.2) is 0 Å². The van der Waals surface area contributed by atoms with Crippen LogP contribution in [-0.4, -0.2) is 46.7 Å². The molecule has 0 bridgehead atoms. The van der Waals surface area contributed by atoms with Crippen LogP contribution in [0.5, 0.6) is 0 Å². The Morgan fingerprint density at radius 2 is 2.20 bits per heavy atom. The first-order chi connectivity index (χ1) is 9.60. The van der Waals surface area contributed by atoms with E-state index in [0.717, 1.165) is 19.3 Å². The first kappa shape index (κ1) is 16.1. The molecular weight excluding hydrogens is 262 g/mol. The van der Waals surface area contributed by atoms with E-state index < -0.39 is 4.92 Å². The monoisotopic (exact) mass is 283 g/mol. The first-order valence-electron chi connectivity index (χ1n) is 6.67. The largest absolute Gasteiger partial charge is 0.396 e. The van der Waals surface area contributed by atoms with Gasteiger partial charge in [0.1, 0.15) is 6.20 Å². The molecule has 20 heavy (non-hydrogen) atoms. The number of unbranched alkanes of at least 4 members (excludes halogenated alkanes) is 2. The van der Waals surface area contributed by atoms with E-state index in [-0.39, 0.29) is 12.3 Å². The molecule has 0 spiro atoms. The van der Waals surface area contributed by atoms with Crippen molar-refractivity contribution in [1.29, 1.82) is 0 Å². The van der Waals surface area contributed by atoms with Gasteiger partial charge in [0.25, 0.3) is 0 Å². The fraction of sp³-hybridized carbons (Fsp3) is 0.667. The van der Waals surface area contributed by atoms with Gasteiger partial charge in [-0.3, -0.25) is 10.1 Å². The zero-order valence-electron chi connectivity index (χ0n) is 11.9. The minimum absolute atomic E-state index is 0.101. The van der Waals surface area contributed by atoms with Gasteiger partial charge in [-0.15, -0.1) is 0 Å². The number of hydrogen-bond acceptors (Lipinski definition) is 7. The van der Waals surface area contributed by atoms with Gasteiger partial charge in [-0.2, -0.15) is 4.98 Å². The van der Waals surface area contributed by atoms with E-state index in [1.807, 2.05) is 6.92 Å². The maximum atomic E-state index is 11.0. The second-order valence-corrected chi connectivity index (χ2v) is 4.40. The van der Waals surface area contributed by atoms with Gasteiger partial charge in [0.2, 0.25) is 11.8 Å². The number of nitrogens with one attached hydrogen (secondary N) is 1.